The van der Waals surface area contributed by atoms with Crippen molar-refractivity contribution in [1.82, 2.24) is 4.90 Å². The molecule has 1 atom stereocenters. The number of hydrogen-bond acceptors (Lipinski definition) is 2. The predicted octanol–water partition coefficient (Wildman–Crippen LogP) is -0.497. The first-order valence-electron chi connectivity index (χ1n) is 5.63. The maximum Gasteiger partial charge on any atom is 1.00 e. The third-order valence-corrected chi connectivity index (χ3v) is 2.74. The van der Waals surface area contributed by atoms with Crippen LogP contribution in [0.25, 0.3) is 0 Å². The molecule has 1 unspecified atom stereocenters. The third kappa shape index (κ3) is 12.2. The molecule has 0 radical (unpaired) electrons. The molecule has 0 bridgehead atoms. The minimum Gasteiger partial charge on any atom is -0.853 e. The monoisotopic (exact) mass is 288 g/mol. The second-order valence-corrected chi connectivity index (χ2v) is 4.45. The van der Waals surface area contributed by atoms with Gasteiger partial charge in [0, 0.05) is 13.0 Å². The molecule has 1 heterocycles. The topological polar surface area (TPSA) is 26.3 Å². The molecule has 0 aromatic heterocycles. The van der Waals surface area contributed by atoms with Crippen molar-refractivity contribution < 1.29 is 65.3 Å². The molecule has 2 nitrogen and oxygen atoms in total. The number of rotatable bonds is 2. The van der Waals surface area contributed by atoms with Gasteiger partial charge in [-0.25, -0.2) is 8.78 Å². The molecular weight excluding hydrogens is 263 g/mol. The van der Waals surface area contributed by atoms with Crippen molar-refractivity contribution >= 4 is 0 Å². The number of likely N-dealkylation sites (N-methyl/N-ethyl adjacent to an activating group) is 1. The molecule has 0 saturated carbocycles. The van der Waals surface area contributed by atoms with Gasteiger partial charge in [0.1, 0.15) is 0 Å². The van der Waals surface area contributed by atoms with Crippen LogP contribution in [-0.4, -0.2) is 37.1 Å². The molecule has 1 rings (SSSR count). The molecule has 0 aliphatic carbocycles. The van der Waals surface area contributed by atoms with E-state index in [1.165, 1.54) is 12.5 Å². The SMILES string of the molecule is C=C1CCC(C[O-])N(C)C1.CCC(C)(F)F.[CH3-].[K+]. The predicted molar refractivity (Wildman–Crippen MR) is 67.0 cm³/mol. The zero-order valence-corrected chi connectivity index (χ0v) is 15.6. The van der Waals surface area contributed by atoms with Gasteiger partial charge < -0.3 is 17.4 Å². The van der Waals surface area contributed by atoms with Crippen molar-refractivity contribution in [2.45, 2.75) is 45.1 Å². The van der Waals surface area contributed by atoms with E-state index in [4.69, 9.17) is 0 Å². The molecule has 0 aromatic carbocycles. The van der Waals surface area contributed by atoms with Crippen molar-refractivity contribution in [3.63, 3.8) is 0 Å². The van der Waals surface area contributed by atoms with Crippen LogP contribution < -0.4 is 56.5 Å². The largest absolute Gasteiger partial charge is 1.00 e. The smallest absolute Gasteiger partial charge is 0.853 e. The molecule has 0 spiro atoms. The van der Waals surface area contributed by atoms with Crippen molar-refractivity contribution in [1.29, 1.82) is 0 Å². The van der Waals surface area contributed by atoms with Crippen LogP contribution in [0.3, 0.4) is 0 Å². The number of halogens is 2. The Balaban J connectivity index is -0.000000250. The summed E-state index contributed by atoms with van der Waals surface area (Å²) in [5.41, 5.74) is 1.26. The minimum absolute atomic E-state index is 0. The van der Waals surface area contributed by atoms with Crippen LogP contribution in [0.15, 0.2) is 12.2 Å². The second kappa shape index (κ2) is 11.9. The number of alkyl halides is 2. The maximum atomic E-state index is 11.5. The summed E-state index contributed by atoms with van der Waals surface area (Å²) in [5, 5.41) is 10.5. The van der Waals surface area contributed by atoms with Crippen molar-refractivity contribution in [3.05, 3.63) is 19.6 Å². The molecule has 0 amide bonds. The number of likely N-dealkylation sites (tertiary alicyclic amines) is 1. The summed E-state index contributed by atoms with van der Waals surface area (Å²) in [6, 6.07) is 0.255. The molecule has 5 heteroatoms. The molecule has 1 fully saturated rings. The van der Waals surface area contributed by atoms with Crippen LogP contribution >= 0.6 is 0 Å². The number of hydrogen-bond donors (Lipinski definition) is 0. The second-order valence-electron chi connectivity index (χ2n) is 4.45. The van der Waals surface area contributed by atoms with Crippen molar-refractivity contribution in [2.75, 3.05) is 20.2 Å². The van der Waals surface area contributed by atoms with E-state index in [-0.39, 0.29) is 77.9 Å². The van der Waals surface area contributed by atoms with Crippen LogP contribution in [0.4, 0.5) is 8.78 Å². The van der Waals surface area contributed by atoms with Gasteiger partial charge in [-0.15, -0.1) is 6.61 Å². The first-order valence-corrected chi connectivity index (χ1v) is 5.63. The van der Waals surface area contributed by atoms with E-state index in [1.54, 1.807) is 0 Å². The average Bonchev–Trinajstić information content (AvgIpc) is 2.18. The van der Waals surface area contributed by atoms with E-state index in [9.17, 15) is 13.9 Å². The van der Waals surface area contributed by atoms with Crippen LogP contribution in [0, 0.1) is 7.43 Å². The summed E-state index contributed by atoms with van der Waals surface area (Å²) in [7, 11) is 1.99. The molecule has 1 aliphatic heterocycles. The van der Waals surface area contributed by atoms with E-state index in [2.05, 4.69) is 11.5 Å². The fraction of sp³-hybridized carbons (Fsp3) is 0.769. The van der Waals surface area contributed by atoms with E-state index >= 15 is 0 Å². The molecule has 0 aromatic rings. The fourth-order valence-electron chi connectivity index (χ4n) is 1.36. The Morgan fingerprint density at radius 2 is 1.94 bits per heavy atom. The van der Waals surface area contributed by atoms with E-state index < -0.39 is 5.92 Å². The summed E-state index contributed by atoms with van der Waals surface area (Å²) in [6.07, 6.45) is 1.98. The van der Waals surface area contributed by atoms with Crippen LogP contribution in [0.2, 0.25) is 0 Å². The van der Waals surface area contributed by atoms with Gasteiger partial charge in [0.2, 0.25) is 5.92 Å². The normalized spacial score (nSPS) is 20.1. The quantitative estimate of drug-likeness (QED) is 0.389. The van der Waals surface area contributed by atoms with E-state index in [0.29, 0.717) is 0 Å². The fourth-order valence-corrected chi connectivity index (χ4v) is 1.36. The van der Waals surface area contributed by atoms with Gasteiger partial charge in [0.05, 0.1) is 0 Å². The molecule has 104 valence electrons. The van der Waals surface area contributed by atoms with E-state index in [1.807, 2.05) is 7.05 Å². The number of piperidine rings is 1. The van der Waals surface area contributed by atoms with Gasteiger partial charge in [-0.2, -0.15) is 0 Å². The van der Waals surface area contributed by atoms with Gasteiger partial charge in [0.15, 0.2) is 0 Å². The van der Waals surface area contributed by atoms with Gasteiger partial charge in [-0.1, -0.05) is 19.1 Å². The standard InChI is InChI=1S/C8H14NO.C4H8F2.CH3.K/c1-7-3-4-8(6-10)9(2)5-7;1-3-4(2,5)6;;/h8H,1,3-6H2,2H3;3H2,1-2H3;1H3;/q-1;;-1;+1. The Labute approximate surface area is 153 Å². The van der Waals surface area contributed by atoms with E-state index in [0.717, 1.165) is 26.3 Å². The van der Waals surface area contributed by atoms with Gasteiger partial charge in [-0.3, -0.25) is 0 Å². The first kappa shape index (κ1) is 24.2. The van der Waals surface area contributed by atoms with Gasteiger partial charge >= 0.3 is 51.4 Å². The van der Waals surface area contributed by atoms with Gasteiger partial charge in [-0.05, 0) is 32.9 Å². The van der Waals surface area contributed by atoms with Crippen LogP contribution in [-0.2, 0) is 0 Å². The Morgan fingerprint density at radius 1 is 1.50 bits per heavy atom. The summed E-state index contributed by atoms with van der Waals surface area (Å²) in [4.78, 5) is 2.10. The molecule has 0 N–H and O–H groups in total. The Bertz CT molecular complexity index is 220. The summed E-state index contributed by atoms with van der Waals surface area (Å²) >= 11 is 0. The summed E-state index contributed by atoms with van der Waals surface area (Å²) < 4.78 is 22.9. The Kier molecular flexibility index (Phi) is 16.0. The minimum atomic E-state index is -2.46. The summed E-state index contributed by atoms with van der Waals surface area (Å²) in [6.45, 7) is 7.20. The third-order valence-electron chi connectivity index (χ3n) is 2.74. The Hall–Kier alpha value is 1.16. The molecule has 18 heavy (non-hydrogen) atoms. The maximum absolute atomic E-state index is 11.5. The zero-order valence-electron chi connectivity index (χ0n) is 12.4. The molecule has 1 saturated heterocycles. The van der Waals surface area contributed by atoms with Crippen LogP contribution in [0.5, 0.6) is 0 Å². The van der Waals surface area contributed by atoms with Crippen molar-refractivity contribution in [3.8, 4) is 0 Å². The molecule has 1 aliphatic rings. The van der Waals surface area contributed by atoms with Gasteiger partial charge in [0.25, 0.3) is 0 Å². The first-order chi connectivity index (χ1) is 7.30. The van der Waals surface area contributed by atoms with Crippen LogP contribution in [0.1, 0.15) is 33.1 Å². The molecular formula is C13H25F2KNO-. The average molecular weight is 288 g/mol. The van der Waals surface area contributed by atoms with Crippen molar-refractivity contribution in [2.24, 2.45) is 0 Å². The Morgan fingerprint density at radius 3 is 2.22 bits per heavy atom. The zero-order chi connectivity index (χ0) is 12.8. The number of nitrogens with zero attached hydrogens (tertiary/aromatic N) is 1. The summed E-state index contributed by atoms with van der Waals surface area (Å²) in [5.74, 6) is -2.46.